The van der Waals surface area contributed by atoms with E-state index in [4.69, 9.17) is 0 Å². The van der Waals surface area contributed by atoms with E-state index in [-0.39, 0.29) is 11.8 Å². The summed E-state index contributed by atoms with van der Waals surface area (Å²) in [6.45, 7) is 0. The van der Waals surface area contributed by atoms with Crippen molar-refractivity contribution in [3.63, 3.8) is 0 Å². The van der Waals surface area contributed by atoms with E-state index in [0.29, 0.717) is 6.04 Å². The van der Waals surface area contributed by atoms with Crippen molar-refractivity contribution in [3.05, 3.63) is 71.8 Å². The van der Waals surface area contributed by atoms with Crippen molar-refractivity contribution in [3.8, 4) is 0 Å². The summed E-state index contributed by atoms with van der Waals surface area (Å²) in [6, 6.07) is 21.0. The van der Waals surface area contributed by atoms with Crippen LogP contribution in [0, 0.1) is 5.92 Å². The lowest BCUT2D eigenvalue weighted by atomic mass is 9.95. The largest absolute Gasteiger partial charge is 0.353 e. The van der Waals surface area contributed by atoms with Gasteiger partial charge in [0.15, 0.2) is 0 Å². The summed E-state index contributed by atoms with van der Waals surface area (Å²) < 4.78 is 0. The maximum Gasteiger partial charge on any atom is 0.232 e. The lowest BCUT2D eigenvalue weighted by Gasteiger charge is -2.23. The molecule has 1 N–H and O–H groups in total. The Labute approximate surface area is 143 Å². The van der Waals surface area contributed by atoms with Crippen molar-refractivity contribution in [2.75, 3.05) is 0 Å². The first-order valence-corrected chi connectivity index (χ1v) is 9.00. The van der Waals surface area contributed by atoms with Gasteiger partial charge in [0, 0.05) is 6.04 Å². The second-order valence-electron chi connectivity index (χ2n) is 6.84. The number of hydrogen-bond donors (Lipinski definition) is 1. The van der Waals surface area contributed by atoms with Gasteiger partial charge in [0.2, 0.25) is 5.91 Å². The first-order valence-electron chi connectivity index (χ1n) is 9.00. The molecule has 24 heavy (non-hydrogen) atoms. The normalized spacial score (nSPS) is 18.5. The SMILES string of the molecule is O=C(NC1CCCCC1)C1C(c2ccccc2)=C1c1ccccc1. The number of amides is 1. The average molecular weight is 317 g/mol. The van der Waals surface area contributed by atoms with Gasteiger partial charge >= 0.3 is 0 Å². The maximum absolute atomic E-state index is 12.9. The van der Waals surface area contributed by atoms with E-state index < -0.39 is 0 Å². The van der Waals surface area contributed by atoms with Crippen molar-refractivity contribution in [2.24, 2.45) is 5.92 Å². The topological polar surface area (TPSA) is 29.1 Å². The summed E-state index contributed by atoms with van der Waals surface area (Å²) >= 11 is 0. The summed E-state index contributed by atoms with van der Waals surface area (Å²) in [7, 11) is 0. The minimum Gasteiger partial charge on any atom is -0.353 e. The monoisotopic (exact) mass is 317 g/mol. The van der Waals surface area contributed by atoms with Crippen molar-refractivity contribution in [1.82, 2.24) is 5.32 Å². The minimum absolute atomic E-state index is 0.0864. The Morgan fingerprint density at radius 2 is 1.25 bits per heavy atom. The lowest BCUT2D eigenvalue weighted by Crippen LogP contribution is -2.37. The number of rotatable bonds is 4. The molecule has 4 rings (SSSR count). The van der Waals surface area contributed by atoms with Crippen LogP contribution in [0.4, 0.5) is 0 Å². The van der Waals surface area contributed by atoms with Crippen LogP contribution in [0.5, 0.6) is 0 Å². The molecule has 0 radical (unpaired) electrons. The third-order valence-electron chi connectivity index (χ3n) is 5.17. The lowest BCUT2D eigenvalue weighted by molar-refractivity contribution is -0.122. The Kier molecular flexibility index (Phi) is 4.20. The molecule has 1 amide bonds. The standard InChI is InChI=1S/C22H23NO/c24-22(23-18-14-8-3-9-15-18)21-19(16-10-4-1-5-11-16)20(21)17-12-6-2-7-13-17/h1-2,4-7,10-13,18,21H,3,8-9,14-15H2,(H,23,24). The summed E-state index contributed by atoms with van der Waals surface area (Å²) in [5.41, 5.74) is 4.71. The molecule has 0 aromatic heterocycles. The summed E-state index contributed by atoms with van der Waals surface area (Å²) in [5.74, 6) is 0.0938. The molecule has 2 aromatic rings. The maximum atomic E-state index is 12.9. The molecule has 0 unspecified atom stereocenters. The molecule has 0 heterocycles. The zero-order valence-corrected chi connectivity index (χ0v) is 13.9. The fraction of sp³-hybridized carbons (Fsp3) is 0.318. The smallest absolute Gasteiger partial charge is 0.232 e. The van der Waals surface area contributed by atoms with Gasteiger partial charge in [-0.15, -0.1) is 0 Å². The Bertz CT molecular complexity index is 693. The van der Waals surface area contributed by atoms with Crippen LogP contribution in [-0.4, -0.2) is 11.9 Å². The molecule has 122 valence electrons. The highest BCUT2D eigenvalue weighted by molar-refractivity contribution is 6.23. The van der Waals surface area contributed by atoms with Crippen molar-refractivity contribution >= 4 is 17.1 Å². The average Bonchev–Trinajstić information content (AvgIpc) is 3.40. The van der Waals surface area contributed by atoms with E-state index in [2.05, 4.69) is 29.6 Å². The van der Waals surface area contributed by atoms with Crippen LogP contribution in [0.15, 0.2) is 60.7 Å². The second-order valence-corrected chi connectivity index (χ2v) is 6.84. The quantitative estimate of drug-likeness (QED) is 0.872. The first kappa shape index (κ1) is 15.2. The highest BCUT2D eigenvalue weighted by atomic mass is 16.2. The Hall–Kier alpha value is -2.35. The molecular formula is C22H23NO. The van der Waals surface area contributed by atoms with Crippen molar-refractivity contribution < 1.29 is 4.79 Å². The number of benzene rings is 2. The first-order chi connectivity index (χ1) is 11.8. The van der Waals surface area contributed by atoms with E-state index in [1.54, 1.807) is 0 Å². The van der Waals surface area contributed by atoms with Crippen LogP contribution in [0.2, 0.25) is 0 Å². The fourth-order valence-corrected chi connectivity index (χ4v) is 3.90. The Morgan fingerprint density at radius 3 is 1.75 bits per heavy atom. The van der Waals surface area contributed by atoms with E-state index >= 15 is 0 Å². The van der Waals surface area contributed by atoms with Crippen molar-refractivity contribution in [1.29, 1.82) is 0 Å². The zero-order chi connectivity index (χ0) is 16.4. The molecule has 0 saturated heterocycles. The highest BCUT2D eigenvalue weighted by Gasteiger charge is 2.44. The van der Waals surface area contributed by atoms with Gasteiger partial charge in [0.25, 0.3) is 0 Å². The number of hydrogen-bond acceptors (Lipinski definition) is 1. The second kappa shape index (κ2) is 6.64. The van der Waals surface area contributed by atoms with Crippen LogP contribution >= 0.6 is 0 Å². The number of nitrogens with one attached hydrogen (secondary N) is 1. The fourth-order valence-electron chi connectivity index (χ4n) is 3.90. The number of carbonyl (C=O) groups is 1. The van der Waals surface area contributed by atoms with Crippen LogP contribution < -0.4 is 5.32 Å². The third-order valence-corrected chi connectivity index (χ3v) is 5.17. The summed E-state index contributed by atoms with van der Waals surface area (Å²) in [6.07, 6.45) is 6.03. The highest BCUT2D eigenvalue weighted by Crippen LogP contribution is 2.53. The molecule has 0 atom stereocenters. The zero-order valence-electron chi connectivity index (χ0n) is 13.9. The van der Waals surface area contributed by atoms with Crippen LogP contribution in [0.25, 0.3) is 11.1 Å². The van der Waals surface area contributed by atoms with Gasteiger partial charge in [-0.25, -0.2) is 0 Å². The van der Waals surface area contributed by atoms with Gasteiger partial charge in [0.1, 0.15) is 0 Å². The van der Waals surface area contributed by atoms with E-state index in [0.717, 1.165) is 12.8 Å². The minimum atomic E-state index is -0.0864. The predicted molar refractivity (Wildman–Crippen MR) is 98.2 cm³/mol. The summed E-state index contributed by atoms with van der Waals surface area (Å²) in [5, 5.41) is 3.30. The van der Waals surface area contributed by atoms with Gasteiger partial charge in [-0.3, -0.25) is 4.79 Å². The molecule has 0 aliphatic heterocycles. The molecule has 2 aliphatic carbocycles. The molecule has 2 heteroatoms. The Morgan fingerprint density at radius 1 is 0.750 bits per heavy atom. The van der Waals surface area contributed by atoms with Gasteiger partial charge in [-0.1, -0.05) is 79.9 Å². The Balaban J connectivity index is 1.57. The van der Waals surface area contributed by atoms with Gasteiger partial charge in [-0.2, -0.15) is 0 Å². The molecular weight excluding hydrogens is 294 g/mol. The molecule has 0 bridgehead atoms. The molecule has 2 aromatic carbocycles. The number of carbonyl (C=O) groups excluding carboxylic acids is 1. The molecule has 1 fully saturated rings. The van der Waals surface area contributed by atoms with Crippen LogP contribution in [0.1, 0.15) is 43.2 Å². The predicted octanol–water partition coefficient (Wildman–Crippen LogP) is 4.68. The summed E-state index contributed by atoms with van der Waals surface area (Å²) in [4.78, 5) is 12.9. The molecule has 2 nitrogen and oxygen atoms in total. The van der Waals surface area contributed by atoms with Crippen LogP contribution in [0.3, 0.4) is 0 Å². The van der Waals surface area contributed by atoms with Gasteiger partial charge < -0.3 is 5.32 Å². The van der Waals surface area contributed by atoms with Crippen molar-refractivity contribution in [2.45, 2.75) is 38.1 Å². The third kappa shape index (κ3) is 3.01. The molecule has 1 saturated carbocycles. The van der Waals surface area contributed by atoms with Crippen LogP contribution in [-0.2, 0) is 4.79 Å². The van der Waals surface area contributed by atoms with Gasteiger partial charge in [0.05, 0.1) is 5.92 Å². The molecule has 0 spiro atoms. The van der Waals surface area contributed by atoms with E-state index in [1.807, 2.05) is 36.4 Å². The van der Waals surface area contributed by atoms with E-state index in [1.165, 1.54) is 41.5 Å². The molecule has 2 aliphatic rings. The van der Waals surface area contributed by atoms with Gasteiger partial charge in [-0.05, 0) is 35.1 Å². The van der Waals surface area contributed by atoms with E-state index in [9.17, 15) is 4.79 Å².